The molecule has 3 aliphatic rings. The Bertz CT molecular complexity index is 456. The van der Waals surface area contributed by atoms with Crippen molar-refractivity contribution in [3.05, 3.63) is 0 Å². The molecule has 19 heavy (non-hydrogen) atoms. The highest BCUT2D eigenvalue weighted by atomic mass is 32.2. The molecule has 0 aromatic heterocycles. The van der Waals surface area contributed by atoms with Gasteiger partial charge < -0.3 is 4.90 Å². The summed E-state index contributed by atoms with van der Waals surface area (Å²) in [5.41, 5.74) is 0. The van der Waals surface area contributed by atoms with Crippen molar-refractivity contribution in [2.24, 2.45) is 22.9 Å². The SMILES string of the molecule is NS(=O)(=O)C1CCCN(C(=O)C(C2CC2)C2CC2)C1. The molecule has 0 bridgehead atoms. The van der Waals surface area contributed by atoms with Crippen LogP contribution in [0.4, 0.5) is 0 Å². The van der Waals surface area contributed by atoms with Gasteiger partial charge in [-0.3, -0.25) is 4.79 Å². The number of nitrogens with two attached hydrogens (primary N) is 1. The third-order valence-corrected chi connectivity index (χ3v) is 6.01. The molecule has 1 aliphatic heterocycles. The van der Waals surface area contributed by atoms with Gasteiger partial charge in [-0.15, -0.1) is 0 Å². The first kappa shape index (κ1) is 13.4. The smallest absolute Gasteiger partial charge is 0.226 e. The molecule has 1 heterocycles. The van der Waals surface area contributed by atoms with Crippen molar-refractivity contribution in [3.63, 3.8) is 0 Å². The Labute approximate surface area is 114 Å². The molecule has 1 amide bonds. The number of hydrogen-bond donors (Lipinski definition) is 1. The van der Waals surface area contributed by atoms with Gasteiger partial charge >= 0.3 is 0 Å². The zero-order chi connectivity index (χ0) is 13.6. The molecular formula is C13H22N2O3S. The first-order chi connectivity index (χ1) is 8.97. The van der Waals surface area contributed by atoms with E-state index in [4.69, 9.17) is 5.14 Å². The van der Waals surface area contributed by atoms with Gasteiger partial charge in [-0.2, -0.15) is 0 Å². The van der Waals surface area contributed by atoms with Crippen molar-refractivity contribution in [2.45, 2.75) is 43.8 Å². The Hall–Kier alpha value is -0.620. The van der Waals surface area contributed by atoms with Gasteiger partial charge in [0.25, 0.3) is 0 Å². The van der Waals surface area contributed by atoms with Crippen LogP contribution in [0.1, 0.15) is 38.5 Å². The summed E-state index contributed by atoms with van der Waals surface area (Å²) in [5, 5.41) is 4.66. The summed E-state index contributed by atoms with van der Waals surface area (Å²) in [6.07, 6.45) is 5.99. The van der Waals surface area contributed by atoms with Gasteiger partial charge in [0.1, 0.15) is 0 Å². The zero-order valence-corrected chi connectivity index (χ0v) is 11.9. The molecule has 2 saturated carbocycles. The normalized spacial score (nSPS) is 28.7. The maximum atomic E-state index is 12.6. The molecule has 2 aliphatic carbocycles. The number of likely N-dealkylation sites (tertiary alicyclic amines) is 1. The van der Waals surface area contributed by atoms with Crippen molar-refractivity contribution in [2.75, 3.05) is 13.1 Å². The highest BCUT2D eigenvalue weighted by molar-refractivity contribution is 7.89. The van der Waals surface area contributed by atoms with Crippen LogP contribution >= 0.6 is 0 Å². The van der Waals surface area contributed by atoms with E-state index >= 15 is 0 Å². The van der Waals surface area contributed by atoms with Crippen LogP contribution in [0.5, 0.6) is 0 Å². The molecule has 108 valence electrons. The molecule has 0 aromatic rings. The first-order valence-corrected chi connectivity index (χ1v) is 8.88. The first-order valence-electron chi connectivity index (χ1n) is 7.27. The van der Waals surface area contributed by atoms with Gasteiger partial charge in [-0.25, -0.2) is 13.6 Å². The van der Waals surface area contributed by atoms with Crippen LogP contribution < -0.4 is 5.14 Å². The molecule has 1 atom stereocenters. The number of amides is 1. The minimum absolute atomic E-state index is 0.166. The minimum atomic E-state index is -3.52. The number of sulfonamides is 1. The number of primary sulfonamides is 1. The van der Waals surface area contributed by atoms with Crippen LogP contribution in [0.3, 0.4) is 0 Å². The maximum absolute atomic E-state index is 12.6. The van der Waals surface area contributed by atoms with E-state index in [1.54, 1.807) is 4.90 Å². The van der Waals surface area contributed by atoms with Gasteiger partial charge in [0.05, 0.1) is 5.25 Å². The standard InChI is InChI=1S/C13H22N2O3S/c14-19(17,18)11-2-1-7-15(8-11)13(16)12(9-3-4-9)10-5-6-10/h9-12H,1-8H2,(H2,14,17,18). The van der Waals surface area contributed by atoms with Crippen molar-refractivity contribution in [3.8, 4) is 0 Å². The molecule has 0 spiro atoms. The summed E-state index contributed by atoms with van der Waals surface area (Å²) in [6, 6.07) is 0. The minimum Gasteiger partial charge on any atom is -0.341 e. The Balaban J connectivity index is 1.68. The molecule has 0 aromatic carbocycles. The fourth-order valence-electron chi connectivity index (χ4n) is 3.32. The van der Waals surface area contributed by atoms with E-state index in [-0.39, 0.29) is 11.8 Å². The lowest BCUT2D eigenvalue weighted by atomic mass is 9.95. The lowest BCUT2D eigenvalue weighted by molar-refractivity contribution is -0.137. The van der Waals surface area contributed by atoms with Gasteiger partial charge in [-0.05, 0) is 50.4 Å². The lowest BCUT2D eigenvalue weighted by Crippen LogP contribution is -2.49. The number of rotatable bonds is 4. The van der Waals surface area contributed by atoms with E-state index < -0.39 is 15.3 Å². The van der Waals surface area contributed by atoms with Gasteiger partial charge in [0.2, 0.25) is 15.9 Å². The molecule has 3 fully saturated rings. The van der Waals surface area contributed by atoms with Crippen LogP contribution in [-0.2, 0) is 14.8 Å². The molecule has 6 heteroatoms. The van der Waals surface area contributed by atoms with E-state index in [0.717, 1.165) is 6.42 Å². The van der Waals surface area contributed by atoms with Gasteiger partial charge in [0, 0.05) is 19.0 Å². The van der Waals surface area contributed by atoms with Crippen molar-refractivity contribution in [1.82, 2.24) is 4.90 Å². The quantitative estimate of drug-likeness (QED) is 0.826. The molecule has 2 N–H and O–H groups in total. The van der Waals surface area contributed by atoms with E-state index in [2.05, 4.69) is 0 Å². The van der Waals surface area contributed by atoms with Crippen LogP contribution in [0.25, 0.3) is 0 Å². The predicted molar refractivity (Wildman–Crippen MR) is 71.6 cm³/mol. The second-order valence-electron chi connectivity index (χ2n) is 6.34. The number of nitrogens with zero attached hydrogens (tertiary/aromatic N) is 1. The molecule has 5 nitrogen and oxygen atoms in total. The summed E-state index contributed by atoms with van der Waals surface area (Å²) in [7, 11) is -3.52. The zero-order valence-electron chi connectivity index (χ0n) is 11.1. The summed E-state index contributed by atoms with van der Waals surface area (Å²) >= 11 is 0. The fourth-order valence-corrected chi connectivity index (χ4v) is 4.20. The van der Waals surface area contributed by atoms with Crippen molar-refractivity contribution in [1.29, 1.82) is 0 Å². The van der Waals surface area contributed by atoms with Gasteiger partial charge in [-0.1, -0.05) is 0 Å². The molecule has 3 rings (SSSR count). The van der Waals surface area contributed by atoms with Gasteiger partial charge in [0.15, 0.2) is 0 Å². The lowest BCUT2D eigenvalue weighted by Gasteiger charge is -2.34. The van der Waals surface area contributed by atoms with Crippen molar-refractivity contribution >= 4 is 15.9 Å². The summed E-state index contributed by atoms with van der Waals surface area (Å²) in [6.45, 7) is 0.994. The number of hydrogen-bond acceptors (Lipinski definition) is 3. The van der Waals surface area contributed by atoms with Crippen LogP contribution in [0.2, 0.25) is 0 Å². The van der Waals surface area contributed by atoms with E-state index in [0.29, 0.717) is 31.3 Å². The fraction of sp³-hybridized carbons (Fsp3) is 0.923. The topological polar surface area (TPSA) is 80.5 Å². The Morgan fingerprint density at radius 3 is 2.16 bits per heavy atom. The highest BCUT2D eigenvalue weighted by Gasteiger charge is 2.47. The van der Waals surface area contributed by atoms with E-state index in [1.165, 1.54) is 25.7 Å². The molecule has 0 radical (unpaired) electrons. The Morgan fingerprint density at radius 2 is 1.68 bits per heavy atom. The van der Waals surface area contributed by atoms with E-state index in [9.17, 15) is 13.2 Å². The summed E-state index contributed by atoms with van der Waals surface area (Å²) in [4.78, 5) is 14.4. The summed E-state index contributed by atoms with van der Waals surface area (Å²) in [5.74, 6) is 1.49. The predicted octanol–water partition coefficient (Wildman–Crippen LogP) is 0.702. The van der Waals surface area contributed by atoms with Crippen LogP contribution in [0.15, 0.2) is 0 Å². The summed E-state index contributed by atoms with van der Waals surface area (Å²) < 4.78 is 22.9. The molecule has 1 saturated heterocycles. The second kappa shape index (κ2) is 4.74. The van der Waals surface area contributed by atoms with Crippen LogP contribution in [0, 0.1) is 17.8 Å². The van der Waals surface area contributed by atoms with E-state index in [1.807, 2.05) is 0 Å². The number of carbonyl (C=O) groups is 1. The average molecular weight is 286 g/mol. The number of piperidine rings is 1. The second-order valence-corrected chi connectivity index (χ2v) is 8.18. The molecular weight excluding hydrogens is 264 g/mol. The monoisotopic (exact) mass is 286 g/mol. The average Bonchev–Trinajstić information content (AvgIpc) is 3.23. The Kier molecular flexibility index (Phi) is 3.33. The maximum Gasteiger partial charge on any atom is 0.226 e. The highest BCUT2D eigenvalue weighted by Crippen LogP contribution is 2.50. The van der Waals surface area contributed by atoms with Crippen LogP contribution in [-0.4, -0.2) is 37.6 Å². The molecule has 1 unspecified atom stereocenters. The number of carbonyl (C=O) groups excluding carboxylic acids is 1. The van der Waals surface area contributed by atoms with Crippen molar-refractivity contribution < 1.29 is 13.2 Å². The largest absolute Gasteiger partial charge is 0.341 e. The third kappa shape index (κ3) is 2.94. The third-order valence-electron chi connectivity index (χ3n) is 4.70. The Morgan fingerprint density at radius 1 is 1.11 bits per heavy atom.